The third-order valence-electron chi connectivity index (χ3n) is 5.72. The molecule has 0 fully saturated rings. The van der Waals surface area contributed by atoms with Gasteiger partial charge in [-0.25, -0.2) is 9.59 Å². The van der Waals surface area contributed by atoms with Gasteiger partial charge in [0.15, 0.2) is 0 Å². The van der Waals surface area contributed by atoms with Crippen molar-refractivity contribution in [3.8, 4) is 22.3 Å². The second kappa shape index (κ2) is 13.2. The largest absolute Gasteiger partial charge is 0.373 e. The fraction of sp³-hybridized carbons (Fsp3) is 0.161. The first kappa shape index (κ1) is 25.8. The lowest BCUT2D eigenvalue weighted by atomic mass is 10.00. The number of carbonyl (C=O) groups excluding carboxylic acids is 2. The molecule has 0 heterocycles. The van der Waals surface area contributed by atoms with Gasteiger partial charge < -0.3 is 0 Å². The quantitative estimate of drug-likeness (QED) is 0.122. The van der Waals surface area contributed by atoms with Crippen molar-refractivity contribution in [2.75, 3.05) is 0 Å². The van der Waals surface area contributed by atoms with Crippen LogP contribution >= 0.6 is 0 Å². The van der Waals surface area contributed by atoms with Crippen molar-refractivity contribution in [3.05, 3.63) is 120 Å². The van der Waals surface area contributed by atoms with E-state index in [1.807, 2.05) is 91.9 Å². The molecule has 0 radical (unpaired) electrons. The number of hydrogen-bond acceptors (Lipinski definition) is 6. The maximum absolute atomic E-state index is 12.9. The molecule has 0 saturated carbocycles. The Labute approximate surface area is 216 Å². The van der Waals surface area contributed by atoms with Crippen molar-refractivity contribution in [2.45, 2.75) is 32.5 Å². The van der Waals surface area contributed by atoms with Crippen molar-refractivity contribution in [1.82, 2.24) is 0 Å². The van der Waals surface area contributed by atoms with Crippen LogP contribution in [0, 0.1) is 0 Å². The van der Waals surface area contributed by atoms with Gasteiger partial charge in [0.2, 0.25) is 6.29 Å². The molecule has 4 aromatic carbocycles. The molecule has 0 bridgehead atoms. The van der Waals surface area contributed by atoms with E-state index < -0.39 is 18.2 Å². The molecule has 188 valence electrons. The zero-order valence-electron chi connectivity index (χ0n) is 20.5. The van der Waals surface area contributed by atoms with Crippen molar-refractivity contribution in [1.29, 1.82) is 0 Å². The highest BCUT2D eigenvalue weighted by Gasteiger charge is 2.22. The molecule has 6 nitrogen and oxygen atoms in total. The Hall–Kier alpha value is -4.26. The molecule has 6 heteroatoms. The predicted octanol–water partition coefficient (Wildman–Crippen LogP) is 7.41. The average Bonchev–Trinajstić information content (AvgIpc) is 2.97. The lowest BCUT2D eigenvalue weighted by molar-refractivity contribution is -0.421. The second-order valence-electron chi connectivity index (χ2n) is 8.33. The standard InChI is InChI=1S/C31H28O6/c1-2-3-22-29(34-36-30(32)27-20-12-10-18-25(27)23-14-6-4-7-15-23)35-37-31(33)28-21-13-11-19-26(28)24-16-8-5-9-17-24/h4-21,29H,2-3,22H2,1H3. The number of benzene rings is 4. The van der Waals surface area contributed by atoms with Gasteiger partial charge in [-0.2, -0.15) is 0 Å². The maximum atomic E-state index is 12.9. The number of rotatable bonds is 11. The molecule has 0 aliphatic rings. The molecule has 4 rings (SSSR count). The van der Waals surface area contributed by atoms with Crippen molar-refractivity contribution < 1.29 is 29.1 Å². The highest BCUT2D eigenvalue weighted by molar-refractivity contribution is 5.97. The van der Waals surface area contributed by atoms with Crippen LogP contribution in [0.3, 0.4) is 0 Å². The number of unbranched alkanes of at least 4 members (excludes halogenated alkanes) is 1. The summed E-state index contributed by atoms with van der Waals surface area (Å²) in [4.78, 5) is 46.6. The maximum Gasteiger partial charge on any atom is 0.373 e. The summed E-state index contributed by atoms with van der Waals surface area (Å²) in [5, 5.41) is 0. The van der Waals surface area contributed by atoms with Crippen molar-refractivity contribution in [2.24, 2.45) is 0 Å². The molecule has 0 aliphatic carbocycles. The van der Waals surface area contributed by atoms with E-state index in [0.29, 0.717) is 35.1 Å². The SMILES string of the molecule is CCCCC(OOC(=O)c1ccccc1-c1ccccc1)OOC(=O)c1ccccc1-c1ccccc1. The third-order valence-corrected chi connectivity index (χ3v) is 5.72. The van der Waals surface area contributed by atoms with Crippen LogP contribution in [-0.2, 0) is 19.6 Å². The summed E-state index contributed by atoms with van der Waals surface area (Å²) in [6, 6.07) is 33.2. The van der Waals surface area contributed by atoms with Gasteiger partial charge in [0.05, 0.1) is 11.1 Å². The molecule has 0 aromatic heterocycles. The Morgan fingerprint density at radius 1 is 0.595 bits per heavy atom. The van der Waals surface area contributed by atoms with Crippen molar-refractivity contribution in [3.63, 3.8) is 0 Å². The van der Waals surface area contributed by atoms with Gasteiger partial charge in [-0.3, -0.25) is 9.78 Å². The predicted molar refractivity (Wildman–Crippen MR) is 140 cm³/mol. The molecule has 0 amide bonds. The zero-order valence-corrected chi connectivity index (χ0v) is 20.5. The summed E-state index contributed by atoms with van der Waals surface area (Å²) in [6.45, 7) is 2.00. The molecule has 0 unspecified atom stereocenters. The van der Waals surface area contributed by atoms with Gasteiger partial charge in [-0.05, 0) is 40.8 Å². The summed E-state index contributed by atoms with van der Waals surface area (Å²) in [6.07, 6.45) is 0.831. The van der Waals surface area contributed by atoms with Crippen LogP contribution in [0.4, 0.5) is 0 Å². The highest BCUT2D eigenvalue weighted by Crippen LogP contribution is 2.26. The molecule has 37 heavy (non-hydrogen) atoms. The van der Waals surface area contributed by atoms with E-state index in [0.717, 1.165) is 17.5 Å². The van der Waals surface area contributed by atoms with Crippen LogP contribution < -0.4 is 0 Å². The van der Waals surface area contributed by atoms with Crippen LogP contribution in [-0.4, -0.2) is 18.2 Å². The number of carbonyl (C=O) groups is 2. The monoisotopic (exact) mass is 496 g/mol. The van der Waals surface area contributed by atoms with Crippen LogP contribution in [0.25, 0.3) is 22.3 Å². The Bertz CT molecular complexity index is 1200. The van der Waals surface area contributed by atoms with Crippen LogP contribution in [0.1, 0.15) is 46.9 Å². The summed E-state index contributed by atoms with van der Waals surface area (Å²) >= 11 is 0. The Morgan fingerprint density at radius 3 is 1.43 bits per heavy atom. The minimum atomic E-state index is -1.08. The number of hydrogen-bond donors (Lipinski definition) is 0. The van der Waals surface area contributed by atoms with Gasteiger partial charge in [-0.15, -0.1) is 9.78 Å². The Morgan fingerprint density at radius 2 is 1.00 bits per heavy atom. The summed E-state index contributed by atoms with van der Waals surface area (Å²) < 4.78 is 0. The first-order valence-electron chi connectivity index (χ1n) is 12.2. The molecule has 0 aliphatic heterocycles. The first-order chi connectivity index (χ1) is 18.2. The van der Waals surface area contributed by atoms with E-state index in [-0.39, 0.29) is 0 Å². The van der Waals surface area contributed by atoms with E-state index in [1.54, 1.807) is 24.3 Å². The molecule has 0 spiro atoms. The van der Waals surface area contributed by atoms with Gasteiger partial charge in [0.1, 0.15) is 0 Å². The summed E-state index contributed by atoms with van der Waals surface area (Å²) in [5.41, 5.74) is 3.87. The second-order valence-corrected chi connectivity index (χ2v) is 8.33. The average molecular weight is 497 g/mol. The van der Waals surface area contributed by atoms with E-state index in [2.05, 4.69) is 0 Å². The van der Waals surface area contributed by atoms with E-state index >= 15 is 0 Å². The Kier molecular flexibility index (Phi) is 9.18. The highest BCUT2D eigenvalue weighted by atomic mass is 17.3. The fourth-order valence-corrected chi connectivity index (χ4v) is 3.83. The molecule has 0 saturated heterocycles. The molecule has 4 aromatic rings. The van der Waals surface area contributed by atoms with Crippen LogP contribution in [0.2, 0.25) is 0 Å². The van der Waals surface area contributed by atoms with E-state index in [4.69, 9.17) is 19.6 Å². The fourth-order valence-electron chi connectivity index (χ4n) is 3.83. The lowest BCUT2D eigenvalue weighted by Gasteiger charge is -2.16. The van der Waals surface area contributed by atoms with Gasteiger partial charge in [0, 0.05) is 6.42 Å². The smallest absolute Gasteiger partial charge is 0.290 e. The van der Waals surface area contributed by atoms with Crippen LogP contribution in [0.5, 0.6) is 0 Å². The van der Waals surface area contributed by atoms with Gasteiger partial charge in [-0.1, -0.05) is 110 Å². The molecular weight excluding hydrogens is 468 g/mol. The zero-order chi connectivity index (χ0) is 25.9. The molecule has 0 N–H and O–H groups in total. The van der Waals surface area contributed by atoms with Crippen LogP contribution in [0.15, 0.2) is 109 Å². The minimum Gasteiger partial charge on any atom is -0.290 e. The van der Waals surface area contributed by atoms with Crippen molar-refractivity contribution >= 4 is 11.9 Å². The normalized spacial score (nSPS) is 10.8. The van der Waals surface area contributed by atoms with E-state index in [9.17, 15) is 9.59 Å². The molecule has 0 atom stereocenters. The van der Waals surface area contributed by atoms with Gasteiger partial charge in [0.25, 0.3) is 0 Å². The minimum absolute atomic E-state index is 0.344. The van der Waals surface area contributed by atoms with Gasteiger partial charge >= 0.3 is 11.9 Å². The summed E-state index contributed by atoms with van der Waals surface area (Å²) in [5.74, 6) is -1.35. The van der Waals surface area contributed by atoms with E-state index in [1.165, 1.54) is 0 Å². The summed E-state index contributed by atoms with van der Waals surface area (Å²) in [7, 11) is 0. The lowest BCUT2D eigenvalue weighted by Crippen LogP contribution is -2.22. The topological polar surface area (TPSA) is 71.1 Å². The molecular formula is C31H28O6. The first-order valence-corrected chi connectivity index (χ1v) is 12.2. The Balaban J connectivity index is 1.42. The third kappa shape index (κ3) is 6.91.